The second kappa shape index (κ2) is 8.93. The van der Waals surface area contributed by atoms with E-state index in [0.717, 1.165) is 0 Å². The van der Waals surface area contributed by atoms with Crippen molar-refractivity contribution in [3.8, 4) is 0 Å². The fourth-order valence-electron chi connectivity index (χ4n) is 3.09. The molecule has 3 aromatic rings. The van der Waals surface area contributed by atoms with Crippen LogP contribution in [0.25, 0.3) is 10.8 Å². The molecule has 0 saturated heterocycles. The van der Waals surface area contributed by atoms with Gasteiger partial charge in [0.25, 0.3) is 10.0 Å². The SMILES string of the molecule is O=C(O)c1c(NS(=O)(=O)c2ccccc2NCCCCO)ccc2ccccc12. The minimum atomic E-state index is -4.04. The summed E-state index contributed by atoms with van der Waals surface area (Å²) in [5, 5.41) is 22.8. The van der Waals surface area contributed by atoms with Gasteiger partial charge in [-0.1, -0.05) is 42.5 Å². The quantitative estimate of drug-likeness (QED) is 0.398. The molecule has 0 bridgehead atoms. The van der Waals surface area contributed by atoms with Gasteiger partial charge < -0.3 is 15.5 Å². The lowest BCUT2D eigenvalue weighted by atomic mass is 10.0. The number of anilines is 2. The van der Waals surface area contributed by atoms with Gasteiger partial charge in [-0.25, -0.2) is 13.2 Å². The molecule has 3 aromatic carbocycles. The number of unbranched alkanes of at least 4 members (excludes halogenated alkanes) is 1. The molecule has 4 N–H and O–H groups in total. The van der Waals surface area contributed by atoms with Crippen LogP contribution >= 0.6 is 0 Å². The Balaban J connectivity index is 1.97. The van der Waals surface area contributed by atoms with Crippen LogP contribution in [0.4, 0.5) is 11.4 Å². The number of hydrogen-bond acceptors (Lipinski definition) is 5. The standard InChI is InChI=1S/C21H22N2O5S/c24-14-6-5-13-22-17-9-3-4-10-19(17)29(27,28)23-18-12-11-15-7-1-2-8-16(15)20(18)21(25)26/h1-4,7-12,22-24H,5-6,13-14H2,(H,25,26). The number of aliphatic hydroxyl groups is 1. The average Bonchev–Trinajstić information content (AvgIpc) is 2.70. The fraction of sp³-hybridized carbons (Fsp3) is 0.190. The predicted molar refractivity (Wildman–Crippen MR) is 113 cm³/mol. The summed E-state index contributed by atoms with van der Waals surface area (Å²) in [4.78, 5) is 11.9. The third kappa shape index (κ3) is 4.67. The van der Waals surface area contributed by atoms with Crippen molar-refractivity contribution in [1.29, 1.82) is 0 Å². The molecule has 0 aromatic heterocycles. The molecule has 0 heterocycles. The first-order chi connectivity index (χ1) is 13.9. The first-order valence-electron chi connectivity index (χ1n) is 9.15. The number of fused-ring (bicyclic) bond motifs is 1. The molecule has 0 aliphatic carbocycles. The number of aromatic carboxylic acids is 1. The smallest absolute Gasteiger partial charge is 0.338 e. The summed E-state index contributed by atoms with van der Waals surface area (Å²) in [6.07, 6.45) is 1.30. The van der Waals surface area contributed by atoms with Gasteiger partial charge in [0.1, 0.15) is 4.90 Å². The van der Waals surface area contributed by atoms with Gasteiger partial charge in [-0.2, -0.15) is 0 Å². The van der Waals surface area contributed by atoms with Crippen molar-refractivity contribution >= 4 is 38.1 Å². The van der Waals surface area contributed by atoms with Crippen LogP contribution in [0.15, 0.2) is 65.6 Å². The number of para-hydroxylation sites is 1. The van der Waals surface area contributed by atoms with Crippen molar-refractivity contribution in [2.24, 2.45) is 0 Å². The highest BCUT2D eigenvalue weighted by Crippen LogP contribution is 2.30. The number of carboxylic acids is 1. The van der Waals surface area contributed by atoms with Crippen LogP contribution in [0.2, 0.25) is 0 Å². The minimum Gasteiger partial charge on any atom is -0.478 e. The Bertz CT molecular complexity index is 1130. The van der Waals surface area contributed by atoms with Crippen LogP contribution in [0.3, 0.4) is 0 Å². The molecule has 0 unspecified atom stereocenters. The number of benzene rings is 3. The Morgan fingerprint density at radius 3 is 2.38 bits per heavy atom. The molecule has 0 spiro atoms. The lowest BCUT2D eigenvalue weighted by Gasteiger charge is -2.16. The van der Waals surface area contributed by atoms with E-state index >= 15 is 0 Å². The van der Waals surface area contributed by atoms with Crippen molar-refractivity contribution in [2.75, 3.05) is 23.2 Å². The van der Waals surface area contributed by atoms with Crippen molar-refractivity contribution < 1.29 is 23.4 Å². The molecule has 7 nitrogen and oxygen atoms in total. The van der Waals surface area contributed by atoms with E-state index in [4.69, 9.17) is 5.11 Å². The molecule has 0 atom stereocenters. The van der Waals surface area contributed by atoms with Crippen molar-refractivity contribution in [1.82, 2.24) is 0 Å². The third-order valence-electron chi connectivity index (χ3n) is 4.46. The minimum absolute atomic E-state index is 0.00582. The molecule has 0 aliphatic rings. The van der Waals surface area contributed by atoms with E-state index in [2.05, 4.69) is 10.0 Å². The number of aliphatic hydroxyl groups excluding tert-OH is 1. The number of carboxylic acid groups (broad SMARTS) is 1. The summed E-state index contributed by atoms with van der Waals surface area (Å²) in [5.41, 5.74) is 0.321. The summed E-state index contributed by atoms with van der Waals surface area (Å²) >= 11 is 0. The van der Waals surface area contributed by atoms with Gasteiger partial charge >= 0.3 is 5.97 Å². The zero-order chi connectivity index (χ0) is 20.9. The van der Waals surface area contributed by atoms with Gasteiger partial charge in [-0.15, -0.1) is 0 Å². The monoisotopic (exact) mass is 414 g/mol. The molecular weight excluding hydrogens is 392 g/mol. The maximum atomic E-state index is 13.0. The number of nitrogens with one attached hydrogen (secondary N) is 2. The van der Waals surface area contributed by atoms with Crippen LogP contribution in [-0.4, -0.2) is 37.8 Å². The zero-order valence-corrected chi connectivity index (χ0v) is 16.4. The second-order valence-corrected chi connectivity index (χ2v) is 8.12. The van der Waals surface area contributed by atoms with Crippen molar-refractivity contribution in [2.45, 2.75) is 17.7 Å². The molecule has 0 radical (unpaired) electrons. The lowest BCUT2D eigenvalue weighted by molar-refractivity contribution is 0.0700. The normalized spacial score (nSPS) is 11.3. The molecule has 29 heavy (non-hydrogen) atoms. The summed E-state index contributed by atoms with van der Waals surface area (Å²) < 4.78 is 28.5. The average molecular weight is 414 g/mol. The Hall–Kier alpha value is -3.10. The van der Waals surface area contributed by atoms with E-state index in [1.54, 1.807) is 48.5 Å². The maximum absolute atomic E-state index is 13.0. The molecule has 0 saturated carbocycles. The number of carbonyl (C=O) groups is 1. The molecule has 0 amide bonds. The first kappa shape index (κ1) is 20.6. The topological polar surface area (TPSA) is 116 Å². The largest absolute Gasteiger partial charge is 0.478 e. The van der Waals surface area contributed by atoms with Gasteiger partial charge in [-0.05, 0) is 41.8 Å². The Kier molecular flexibility index (Phi) is 6.36. The molecular formula is C21H22N2O5S. The van der Waals surface area contributed by atoms with Gasteiger partial charge in [0.2, 0.25) is 0 Å². The fourth-order valence-corrected chi connectivity index (χ4v) is 4.35. The van der Waals surface area contributed by atoms with E-state index in [1.807, 2.05) is 0 Å². The van der Waals surface area contributed by atoms with Gasteiger partial charge in [0.15, 0.2) is 0 Å². The van der Waals surface area contributed by atoms with Crippen molar-refractivity contribution in [3.63, 3.8) is 0 Å². The van der Waals surface area contributed by atoms with Gasteiger partial charge in [0.05, 0.1) is 16.9 Å². The number of rotatable bonds is 9. The van der Waals surface area contributed by atoms with Crippen LogP contribution in [0.5, 0.6) is 0 Å². The van der Waals surface area contributed by atoms with Crippen LogP contribution in [0.1, 0.15) is 23.2 Å². The number of hydrogen-bond donors (Lipinski definition) is 4. The molecule has 0 aliphatic heterocycles. The van der Waals surface area contributed by atoms with E-state index in [0.29, 0.717) is 35.8 Å². The van der Waals surface area contributed by atoms with E-state index in [-0.39, 0.29) is 22.8 Å². The van der Waals surface area contributed by atoms with Crippen LogP contribution < -0.4 is 10.0 Å². The summed E-state index contributed by atoms with van der Waals surface area (Å²) in [6, 6.07) is 16.5. The first-order valence-corrected chi connectivity index (χ1v) is 10.6. The van der Waals surface area contributed by atoms with Crippen LogP contribution in [-0.2, 0) is 10.0 Å². The Labute approximate surface area is 169 Å². The highest BCUT2D eigenvalue weighted by Gasteiger charge is 2.22. The summed E-state index contributed by atoms with van der Waals surface area (Å²) in [6.45, 7) is 0.576. The Morgan fingerprint density at radius 2 is 1.62 bits per heavy atom. The second-order valence-electron chi connectivity index (χ2n) is 6.47. The molecule has 0 fully saturated rings. The lowest BCUT2D eigenvalue weighted by Crippen LogP contribution is -2.18. The van der Waals surface area contributed by atoms with Gasteiger partial charge in [0, 0.05) is 13.2 Å². The third-order valence-corrected chi connectivity index (χ3v) is 5.89. The predicted octanol–water partition coefficient (Wildman–Crippen LogP) is 3.52. The molecule has 3 rings (SSSR count). The van der Waals surface area contributed by atoms with E-state index < -0.39 is 16.0 Å². The van der Waals surface area contributed by atoms with Crippen molar-refractivity contribution in [3.05, 3.63) is 66.2 Å². The molecule has 152 valence electrons. The van der Waals surface area contributed by atoms with E-state index in [1.165, 1.54) is 12.1 Å². The van der Waals surface area contributed by atoms with Crippen LogP contribution in [0, 0.1) is 0 Å². The number of sulfonamides is 1. The summed E-state index contributed by atoms with van der Waals surface area (Å²) in [5.74, 6) is -1.21. The highest BCUT2D eigenvalue weighted by molar-refractivity contribution is 7.92. The van der Waals surface area contributed by atoms with Gasteiger partial charge in [-0.3, -0.25) is 4.72 Å². The molecule has 8 heteroatoms. The maximum Gasteiger partial charge on any atom is 0.338 e. The highest BCUT2D eigenvalue weighted by atomic mass is 32.2. The zero-order valence-electron chi connectivity index (χ0n) is 15.6. The summed E-state index contributed by atoms with van der Waals surface area (Å²) in [7, 11) is -4.04. The van der Waals surface area contributed by atoms with E-state index in [9.17, 15) is 18.3 Å². The Morgan fingerprint density at radius 1 is 0.897 bits per heavy atom.